The number of halogens is 3. The van der Waals surface area contributed by atoms with E-state index in [1.807, 2.05) is 12.1 Å². The fourth-order valence-corrected chi connectivity index (χ4v) is 3.98. The number of hydrogen-bond acceptors (Lipinski definition) is 6. The molecule has 0 bridgehead atoms. The number of nitrogens with zero attached hydrogens (tertiary/aromatic N) is 2. The maximum atomic E-state index is 13.5. The molecule has 0 saturated carbocycles. The third-order valence-electron chi connectivity index (χ3n) is 5.73. The molecule has 1 aliphatic heterocycles. The van der Waals surface area contributed by atoms with Crippen LogP contribution in [0.1, 0.15) is 27.9 Å². The molecule has 0 aliphatic carbocycles. The summed E-state index contributed by atoms with van der Waals surface area (Å²) in [5, 5.41) is 6.62. The van der Waals surface area contributed by atoms with Crippen LogP contribution in [0.15, 0.2) is 61.1 Å². The summed E-state index contributed by atoms with van der Waals surface area (Å²) in [6.45, 7) is 1.15. The number of amides is 1. The Bertz CT molecular complexity index is 1380. The van der Waals surface area contributed by atoms with Crippen molar-refractivity contribution < 1.29 is 27.4 Å². The summed E-state index contributed by atoms with van der Waals surface area (Å²) >= 11 is 0. The number of carbonyl (C=O) groups is 1. The summed E-state index contributed by atoms with van der Waals surface area (Å²) < 4.78 is 51.4. The Morgan fingerprint density at radius 3 is 2.86 bits per heavy atom. The van der Waals surface area contributed by atoms with Gasteiger partial charge in [0.15, 0.2) is 0 Å². The number of fused-ring (bicyclic) bond motifs is 1. The van der Waals surface area contributed by atoms with E-state index >= 15 is 0 Å². The van der Waals surface area contributed by atoms with Gasteiger partial charge in [-0.05, 0) is 42.0 Å². The van der Waals surface area contributed by atoms with Crippen LogP contribution in [0.25, 0.3) is 11.0 Å². The van der Waals surface area contributed by atoms with E-state index in [2.05, 4.69) is 25.6 Å². The van der Waals surface area contributed by atoms with E-state index in [1.54, 1.807) is 24.5 Å². The molecule has 3 N–H and O–H groups in total. The van der Waals surface area contributed by atoms with Gasteiger partial charge < -0.3 is 25.1 Å². The van der Waals surface area contributed by atoms with Gasteiger partial charge in [0, 0.05) is 48.7 Å². The fourth-order valence-electron chi connectivity index (χ4n) is 3.98. The molecule has 0 spiro atoms. The zero-order valence-corrected chi connectivity index (χ0v) is 18.9. The Balaban J connectivity index is 1.36. The minimum absolute atomic E-state index is 0.00775. The molecule has 1 aliphatic rings. The second-order valence-electron chi connectivity index (χ2n) is 8.26. The number of carbonyl (C=O) groups excluding carboxylic acids is 1. The number of nitrogens with one attached hydrogen (secondary N) is 3. The standard InChI is InChI=1S/C25H22F3N5O3/c26-25(27,28)16-10-17(12-19(11-16)36-18-5-9-35-14-18)33-24(34)21-2-1-6-29-23(21)32-13-15-3-7-30-22-20(15)4-8-31-22/h1-4,6-8,10-12,18H,5,9,13-14H2,(H,29,32)(H,30,31)(H,33,34)/t18-/m1/s1. The van der Waals surface area contributed by atoms with Gasteiger partial charge in [-0.2, -0.15) is 13.2 Å². The molecule has 5 rings (SSSR count). The lowest BCUT2D eigenvalue weighted by Gasteiger charge is -2.17. The number of hydrogen-bond donors (Lipinski definition) is 3. The van der Waals surface area contributed by atoms with Gasteiger partial charge >= 0.3 is 6.18 Å². The van der Waals surface area contributed by atoms with Crippen LogP contribution in [-0.4, -0.2) is 40.2 Å². The molecular weight excluding hydrogens is 475 g/mol. The molecule has 36 heavy (non-hydrogen) atoms. The number of anilines is 2. The third kappa shape index (κ3) is 5.25. The molecule has 1 atom stereocenters. The Kier molecular flexibility index (Phi) is 6.47. The van der Waals surface area contributed by atoms with Gasteiger partial charge in [0.2, 0.25) is 0 Å². The maximum absolute atomic E-state index is 13.5. The lowest BCUT2D eigenvalue weighted by Crippen LogP contribution is -2.18. The molecule has 1 saturated heterocycles. The largest absolute Gasteiger partial charge is 0.488 e. The van der Waals surface area contributed by atoms with Gasteiger partial charge in [0.25, 0.3) is 5.91 Å². The van der Waals surface area contributed by atoms with Crippen molar-refractivity contribution in [3.63, 3.8) is 0 Å². The van der Waals surface area contributed by atoms with Crippen molar-refractivity contribution in [1.82, 2.24) is 15.0 Å². The van der Waals surface area contributed by atoms with Gasteiger partial charge in [-0.25, -0.2) is 9.97 Å². The molecule has 3 aromatic heterocycles. The van der Waals surface area contributed by atoms with Crippen LogP contribution in [0.2, 0.25) is 0 Å². The highest BCUT2D eigenvalue weighted by molar-refractivity contribution is 6.07. The minimum Gasteiger partial charge on any atom is -0.488 e. The first-order valence-electron chi connectivity index (χ1n) is 11.2. The third-order valence-corrected chi connectivity index (χ3v) is 5.73. The van der Waals surface area contributed by atoms with Crippen molar-refractivity contribution in [3.8, 4) is 5.75 Å². The summed E-state index contributed by atoms with van der Waals surface area (Å²) in [6.07, 6.45) is 0.610. The second kappa shape index (κ2) is 9.86. The Labute approximate surface area is 203 Å². The molecule has 186 valence electrons. The minimum atomic E-state index is -4.61. The predicted octanol–water partition coefficient (Wildman–Crippen LogP) is 5.01. The second-order valence-corrected chi connectivity index (χ2v) is 8.26. The topological polar surface area (TPSA) is 101 Å². The normalized spacial score (nSPS) is 15.7. The van der Waals surface area contributed by atoms with Crippen LogP contribution >= 0.6 is 0 Å². The SMILES string of the molecule is O=C(Nc1cc(O[C@@H]2CCOC2)cc(C(F)(F)F)c1)c1cccnc1NCc1ccnc2[nH]ccc12. The van der Waals surface area contributed by atoms with Crippen molar-refractivity contribution in [2.24, 2.45) is 0 Å². The molecule has 0 radical (unpaired) electrons. The number of benzene rings is 1. The van der Waals surface area contributed by atoms with E-state index in [1.165, 1.54) is 12.3 Å². The van der Waals surface area contributed by atoms with Gasteiger partial charge in [0.05, 0.1) is 24.3 Å². The smallest absolute Gasteiger partial charge is 0.416 e. The number of alkyl halides is 3. The first kappa shape index (κ1) is 23.6. The first-order valence-corrected chi connectivity index (χ1v) is 11.2. The lowest BCUT2D eigenvalue weighted by atomic mass is 10.1. The van der Waals surface area contributed by atoms with Gasteiger partial charge in [0.1, 0.15) is 23.3 Å². The molecule has 1 fully saturated rings. The van der Waals surface area contributed by atoms with Crippen molar-refractivity contribution in [2.45, 2.75) is 25.2 Å². The first-order chi connectivity index (χ1) is 17.4. The van der Waals surface area contributed by atoms with E-state index in [-0.39, 0.29) is 23.1 Å². The van der Waals surface area contributed by atoms with Crippen molar-refractivity contribution in [2.75, 3.05) is 23.8 Å². The average molecular weight is 497 g/mol. The summed E-state index contributed by atoms with van der Waals surface area (Å²) in [4.78, 5) is 24.6. The molecule has 0 unspecified atom stereocenters. The number of pyridine rings is 2. The number of aromatic nitrogens is 3. The molecule has 11 heteroatoms. The Morgan fingerprint density at radius 2 is 2.06 bits per heavy atom. The predicted molar refractivity (Wildman–Crippen MR) is 127 cm³/mol. The number of rotatable bonds is 7. The highest BCUT2D eigenvalue weighted by Gasteiger charge is 2.32. The van der Waals surface area contributed by atoms with Crippen LogP contribution in [0, 0.1) is 0 Å². The van der Waals surface area contributed by atoms with Crippen LogP contribution in [0.5, 0.6) is 5.75 Å². The molecule has 1 aromatic carbocycles. The molecule has 4 aromatic rings. The number of ether oxygens (including phenoxy) is 2. The van der Waals surface area contributed by atoms with E-state index in [9.17, 15) is 18.0 Å². The summed E-state index contributed by atoms with van der Waals surface area (Å²) in [6, 6.07) is 10.0. The number of H-pyrrole nitrogens is 1. The van der Waals surface area contributed by atoms with Gasteiger partial charge in [-0.1, -0.05) is 0 Å². The van der Waals surface area contributed by atoms with Crippen molar-refractivity contribution in [1.29, 1.82) is 0 Å². The summed E-state index contributed by atoms with van der Waals surface area (Å²) in [5.74, 6) is -0.308. The summed E-state index contributed by atoms with van der Waals surface area (Å²) in [7, 11) is 0. The van der Waals surface area contributed by atoms with Crippen LogP contribution < -0.4 is 15.4 Å². The van der Waals surface area contributed by atoms with Crippen molar-refractivity contribution >= 4 is 28.4 Å². The van der Waals surface area contributed by atoms with E-state index in [0.29, 0.717) is 32.0 Å². The highest BCUT2D eigenvalue weighted by Crippen LogP contribution is 2.35. The zero-order chi connectivity index (χ0) is 25.1. The van der Waals surface area contributed by atoms with Crippen molar-refractivity contribution in [3.05, 3.63) is 77.7 Å². The van der Waals surface area contributed by atoms with Crippen LogP contribution in [0.3, 0.4) is 0 Å². The van der Waals surface area contributed by atoms with Gasteiger partial charge in [-0.3, -0.25) is 4.79 Å². The summed E-state index contributed by atoms with van der Waals surface area (Å²) in [5.41, 5.74) is 0.892. The maximum Gasteiger partial charge on any atom is 0.416 e. The average Bonchev–Trinajstić information content (AvgIpc) is 3.54. The van der Waals surface area contributed by atoms with Crippen LogP contribution in [-0.2, 0) is 17.5 Å². The molecular formula is C25H22F3N5O3. The quantitative estimate of drug-likeness (QED) is 0.332. The van der Waals surface area contributed by atoms with E-state index in [4.69, 9.17) is 9.47 Å². The van der Waals surface area contributed by atoms with Crippen LogP contribution in [0.4, 0.5) is 24.7 Å². The molecule has 8 nitrogen and oxygen atoms in total. The molecule has 4 heterocycles. The lowest BCUT2D eigenvalue weighted by molar-refractivity contribution is -0.137. The fraction of sp³-hybridized carbons (Fsp3) is 0.240. The Hall–Kier alpha value is -4.12. The zero-order valence-electron chi connectivity index (χ0n) is 18.9. The van der Waals surface area contributed by atoms with E-state index in [0.717, 1.165) is 28.7 Å². The molecule has 1 amide bonds. The highest BCUT2D eigenvalue weighted by atomic mass is 19.4. The van der Waals surface area contributed by atoms with Gasteiger partial charge in [-0.15, -0.1) is 0 Å². The monoisotopic (exact) mass is 497 g/mol. The van der Waals surface area contributed by atoms with E-state index < -0.39 is 17.6 Å². The Morgan fingerprint density at radius 1 is 1.17 bits per heavy atom. The number of aromatic amines is 1.